The lowest BCUT2D eigenvalue weighted by Crippen LogP contribution is -2.34. The standard InChI is InChI=1S/C16H23NO3/c1-12-5-3-6-14(11-12)20-10-4-8-17-9-7-15(13(17)2)16(18)19/h3,5-6,11,13,15H,4,7-10H2,1-2H3,(H,18,19). The van der Waals surface area contributed by atoms with Crippen LogP contribution in [-0.4, -0.2) is 41.7 Å². The molecule has 1 N–H and O–H groups in total. The molecular formula is C16H23NO3. The first-order valence-corrected chi connectivity index (χ1v) is 7.24. The highest BCUT2D eigenvalue weighted by Gasteiger charge is 2.34. The number of aliphatic carboxylic acids is 1. The van der Waals surface area contributed by atoms with Crippen LogP contribution in [-0.2, 0) is 4.79 Å². The Hall–Kier alpha value is -1.55. The summed E-state index contributed by atoms with van der Waals surface area (Å²) in [5.74, 6) is 0.0200. The minimum absolute atomic E-state index is 0.131. The molecule has 1 aromatic carbocycles. The van der Waals surface area contributed by atoms with Gasteiger partial charge in [0.05, 0.1) is 12.5 Å². The number of rotatable bonds is 6. The van der Waals surface area contributed by atoms with Crippen molar-refractivity contribution in [3.63, 3.8) is 0 Å². The smallest absolute Gasteiger partial charge is 0.308 e. The van der Waals surface area contributed by atoms with Crippen molar-refractivity contribution in [3.05, 3.63) is 29.8 Å². The van der Waals surface area contributed by atoms with Crippen LogP contribution in [0.2, 0.25) is 0 Å². The molecule has 4 nitrogen and oxygen atoms in total. The summed E-state index contributed by atoms with van der Waals surface area (Å²) < 4.78 is 5.71. The van der Waals surface area contributed by atoms with Gasteiger partial charge in [-0.1, -0.05) is 12.1 Å². The van der Waals surface area contributed by atoms with E-state index in [0.717, 1.165) is 31.7 Å². The van der Waals surface area contributed by atoms with E-state index in [1.165, 1.54) is 5.56 Å². The highest BCUT2D eigenvalue weighted by Crippen LogP contribution is 2.24. The van der Waals surface area contributed by atoms with Crippen molar-refractivity contribution in [3.8, 4) is 5.75 Å². The number of hydrogen-bond acceptors (Lipinski definition) is 3. The Balaban J connectivity index is 1.70. The van der Waals surface area contributed by atoms with E-state index in [0.29, 0.717) is 6.61 Å². The number of nitrogens with zero attached hydrogens (tertiary/aromatic N) is 1. The second kappa shape index (κ2) is 6.75. The number of ether oxygens (including phenoxy) is 1. The first-order chi connectivity index (χ1) is 9.58. The quantitative estimate of drug-likeness (QED) is 0.812. The van der Waals surface area contributed by atoms with Gasteiger partial charge < -0.3 is 9.84 Å². The van der Waals surface area contributed by atoms with E-state index in [1.807, 2.05) is 38.1 Å². The molecule has 0 amide bonds. The Bertz CT molecular complexity index is 461. The highest BCUT2D eigenvalue weighted by atomic mass is 16.5. The lowest BCUT2D eigenvalue weighted by molar-refractivity contribution is -0.142. The predicted molar refractivity (Wildman–Crippen MR) is 78.1 cm³/mol. The molecule has 2 atom stereocenters. The van der Waals surface area contributed by atoms with E-state index in [-0.39, 0.29) is 12.0 Å². The zero-order chi connectivity index (χ0) is 14.5. The molecule has 20 heavy (non-hydrogen) atoms. The molecule has 0 bridgehead atoms. The molecule has 1 aliphatic rings. The molecule has 110 valence electrons. The molecule has 0 saturated carbocycles. The molecule has 0 radical (unpaired) electrons. The Morgan fingerprint density at radius 2 is 2.30 bits per heavy atom. The number of aryl methyl sites for hydroxylation is 1. The normalized spacial score (nSPS) is 22.9. The fourth-order valence-electron chi connectivity index (χ4n) is 2.81. The van der Waals surface area contributed by atoms with Crippen molar-refractivity contribution in [1.82, 2.24) is 4.90 Å². The van der Waals surface area contributed by atoms with Gasteiger partial charge in [-0.2, -0.15) is 0 Å². The van der Waals surface area contributed by atoms with Gasteiger partial charge in [0.2, 0.25) is 0 Å². The number of likely N-dealkylation sites (tertiary alicyclic amines) is 1. The summed E-state index contributed by atoms with van der Waals surface area (Å²) >= 11 is 0. The second-order valence-electron chi connectivity index (χ2n) is 5.53. The molecule has 4 heteroatoms. The summed E-state index contributed by atoms with van der Waals surface area (Å²) in [5.41, 5.74) is 1.19. The van der Waals surface area contributed by atoms with Gasteiger partial charge >= 0.3 is 5.97 Å². The lowest BCUT2D eigenvalue weighted by Gasteiger charge is -2.22. The fourth-order valence-corrected chi connectivity index (χ4v) is 2.81. The summed E-state index contributed by atoms with van der Waals surface area (Å²) in [6, 6.07) is 8.16. The Labute approximate surface area is 120 Å². The Kier molecular flexibility index (Phi) is 5.01. The number of carboxylic acids is 1. The van der Waals surface area contributed by atoms with Gasteiger partial charge in [0, 0.05) is 12.6 Å². The molecule has 1 aromatic rings. The van der Waals surface area contributed by atoms with Crippen LogP contribution in [0.25, 0.3) is 0 Å². The van der Waals surface area contributed by atoms with Crippen LogP contribution in [0.3, 0.4) is 0 Å². The van der Waals surface area contributed by atoms with Crippen molar-refractivity contribution in [2.24, 2.45) is 5.92 Å². The number of carboxylic acid groups (broad SMARTS) is 1. The van der Waals surface area contributed by atoms with Crippen molar-refractivity contribution < 1.29 is 14.6 Å². The average molecular weight is 277 g/mol. The molecule has 1 saturated heterocycles. The summed E-state index contributed by atoms with van der Waals surface area (Å²) in [6.07, 6.45) is 1.68. The summed E-state index contributed by atoms with van der Waals surface area (Å²) in [6.45, 7) is 6.50. The van der Waals surface area contributed by atoms with E-state index in [1.54, 1.807) is 0 Å². The van der Waals surface area contributed by atoms with E-state index < -0.39 is 5.97 Å². The molecule has 0 aromatic heterocycles. The van der Waals surface area contributed by atoms with E-state index in [2.05, 4.69) is 4.90 Å². The molecule has 2 unspecified atom stereocenters. The third-order valence-corrected chi connectivity index (χ3v) is 4.05. The third kappa shape index (κ3) is 3.73. The molecule has 1 aliphatic heterocycles. The van der Waals surface area contributed by atoms with Crippen LogP contribution < -0.4 is 4.74 Å². The Morgan fingerprint density at radius 3 is 2.95 bits per heavy atom. The monoisotopic (exact) mass is 277 g/mol. The maximum absolute atomic E-state index is 11.1. The van der Waals surface area contributed by atoms with Crippen LogP contribution in [0.1, 0.15) is 25.3 Å². The summed E-state index contributed by atoms with van der Waals surface area (Å²) in [7, 11) is 0. The second-order valence-corrected chi connectivity index (χ2v) is 5.53. The van der Waals surface area contributed by atoms with E-state index >= 15 is 0 Å². The fraction of sp³-hybridized carbons (Fsp3) is 0.562. The molecule has 0 aliphatic carbocycles. The number of benzene rings is 1. The van der Waals surface area contributed by atoms with E-state index in [9.17, 15) is 4.79 Å². The number of carbonyl (C=O) groups is 1. The molecule has 0 spiro atoms. The highest BCUT2D eigenvalue weighted by molar-refractivity contribution is 5.71. The third-order valence-electron chi connectivity index (χ3n) is 4.05. The Morgan fingerprint density at radius 1 is 1.50 bits per heavy atom. The minimum Gasteiger partial charge on any atom is -0.494 e. The lowest BCUT2D eigenvalue weighted by atomic mass is 10.0. The van der Waals surface area contributed by atoms with Crippen LogP contribution in [0, 0.1) is 12.8 Å². The van der Waals surface area contributed by atoms with Gasteiger partial charge in [0.15, 0.2) is 0 Å². The molecule has 1 fully saturated rings. The van der Waals surface area contributed by atoms with Crippen molar-refractivity contribution in [2.45, 2.75) is 32.7 Å². The van der Waals surface area contributed by atoms with Crippen LogP contribution >= 0.6 is 0 Å². The molecular weight excluding hydrogens is 254 g/mol. The van der Waals surface area contributed by atoms with Gasteiger partial charge in [-0.05, 0) is 50.9 Å². The summed E-state index contributed by atoms with van der Waals surface area (Å²) in [4.78, 5) is 13.3. The largest absolute Gasteiger partial charge is 0.494 e. The van der Waals surface area contributed by atoms with Gasteiger partial charge in [-0.15, -0.1) is 0 Å². The van der Waals surface area contributed by atoms with Crippen molar-refractivity contribution in [2.75, 3.05) is 19.7 Å². The van der Waals surface area contributed by atoms with Crippen LogP contribution in [0.5, 0.6) is 5.75 Å². The topological polar surface area (TPSA) is 49.8 Å². The first kappa shape index (κ1) is 14.9. The van der Waals surface area contributed by atoms with Crippen LogP contribution in [0.4, 0.5) is 0 Å². The van der Waals surface area contributed by atoms with Crippen molar-refractivity contribution in [1.29, 1.82) is 0 Å². The number of hydrogen-bond donors (Lipinski definition) is 1. The van der Waals surface area contributed by atoms with Crippen molar-refractivity contribution >= 4 is 5.97 Å². The maximum Gasteiger partial charge on any atom is 0.308 e. The SMILES string of the molecule is Cc1cccc(OCCCN2CCC(C(=O)O)C2C)c1. The molecule has 1 heterocycles. The average Bonchev–Trinajstić information content (AvgIpc) is 2.76. The van der Waals surface area contributed by atoms with Gasteiger partial charge in [0.1, 0.15) is 5.75 Å². The zero-order valence-corrected chi connectivity index (χ0v) is 12.2. The minimum atomic E-state index is -0.670. The van der Waals surface area contributed by atoms with Gasteiger partial charge in [-0.25, -0.2) is 0 Å². The summed E-state index contributed by atoms with van der Waals surface area (Å²) in [5, 5.41) is 9.10. The molecule has 2 rings (SSSR count). The maximum atomic E-state index is 11.1. The first-order valence-electron chi connectivity index (χ1n) is 7.24. The van der Waals surface area contributed by atoms with Crippen LogP contribution in [0.15, 0.2) is 24.3 Å². The van der Waals surface area contributed by atoms with Gasteiger partial charge in [-0.3, -0.25) is 9.69 Å². The zero-order valence-electron chi connectivity index (χ0n) is 12.2. The van der Waals surface area contributed by atoms with E-state index in [4.69, 9.17) is 9.84 Å². The van der Waals surface area contributed by atoms with Gasteiger partial charge in [0.25, 0.3) is 0 Å². The predicted octanol–water partition coefficient (Wildman–Crippen LogP) is 2.56.